The predicted octanol–water partition coefficient (Wildman–Crippen LogP) is 1.66. The van der Waals surface area contributed by atoms with Crippen molar-refractivity contribution in [2.75, 3.05) is 26.2 Å². The summed E-state index contributed by atoms with van der Waals surface area (Å²) in [6, 6.07) is 0.373. The molecule has 1 saturated heterocycles. The molecular weight excluding hydrogens is 264 g/mol. The van der Waals surface area contributed by atoms with E-state index in [0.29, 0.717) is 17.9 Å². The van der Waals surface area contributed by atoms with Gasteiger partial charge in [0.25, 0.3) is 0 Å². The van der Waals surface area contributed by atoms with Crippen molar-refractivity contribution in [1.29, 1.82) is 0 Å². The lowest BCUT2D eigenvalue weighted by Gasteiger charge is -2.39. The van der Waals surface area contributed by atoms with Crippen molar-refractivity contribution >= 4 is 5.91 Å². The number of nitrogens with zero attached hydrogens (tertiary/aromatic N) is 4. The number of likely N-dealkylation sites (tertiary alicyclic amines) is 1. The maximum absolute atomic E-state index is 12.6. The molecule has 0 bridgehead atoms. The van der Waals surface area contributed by atoms with Gasteiger partial charge in [-0.05, 0) is 38.8 Å². The number of amides is 1. The first kappa shape index (κ1) is 13.3. The topological polar surface area (TPSA) is 41.4 Å². The number of imidazole rings is 1. The van der Waals surface area contributed by atoms with Crippen LogP contribution in [-0.4, -0.2) is 51.4 Å². The van der Waals surface area contributed by atoms with Gasteiger partial charge in [0.1, 0.15) is 0 Å². The first-order chi connectivity index (χ1) is 10.3. The first-order valence-corrected chi connectivity index (χ1v) is 8.33. The van der Waals surface area contributed by atoms with E-state index < -0.39 is 0 Å². The summed E-state index contributed by atoms with van der Waals surface area (Å²) < 4.78 is 2.29. The fourth-order valence-electron chi connectivity index (χ4n) is 3.88. The Morgan fingerprint density at radius 2 is 2.05 bits per heavy atom. The van der Waals surface area contributed by atoms with Crippen LogP contribution in [0.1, 0.15) is 43.8 Å². The van der Waals surface area contributed by atoms with E-state index in [1.807, 2.05) is 12.5 Å². The second kappa shape index (κ2) is 5.44. The fourth-order valence-corrected chi connectivity index (χ4v) is 3.88. The lowest BCUT2D eigenvalue weighted by atomic mass is 9.84. The van der Waals surface area contributed by atoms with E-state index in [2.05, 4.69) is 19.4 Å². The summed E-state index contributed by atoms with van der Waals surface area (Å²) in [5.41, 5.74) is 1.19. The van der Waals surface area contributed by atoms with Gasteiger partial charge in [0.05, 0.1) is 24.6 Å². The van der Waals surface area contributed by atoms with Crippen LogP contribution < -0.4 is 0 Å². The summed E-state index contributed by atoms with van der Waals surface area (Å²) in [4.78, 5) is 21.5. The normalized spacial score (nSPS) is 26.7. The Bertz CT molecular complexity index is 516. The third-order valence-electron chi connectivity index (χ3n) is 5.36. The minimum Gasteiger partial charge on any atom is -0.334 e. The summed E-state index contributed by atoms with van der Waals surface area (Å²) in [6.07, 6.45) is 9.90. The average molecular weight is 288 g/mol. The summed E-state index contributed by atoms with van der Waals surface area (Å²) in [7, 11) is 0. The van der Waals surface area contributed by atoms with Crippen molar-refractivity contribution < 1.29 is 4.79 Å². The number of aromatic nitrogens is 2. The number of hydrogen-bond donors (Lipinski definition) is 0. The Morgan fingerprint density at radius 3 is 2.76 bits per heavy atom. The first-order valence-electron chi connectivity index (χ1n) is 8.33. The zero-order valence-electron chi connectivity index (χ0n) is 12.6. The van der Waals surface area contributed by atoms with Crippen molar-refractivity contribution in [3.63, 3.8) is 0 Å². The molecule has 114 valence electrons. The Hall–Kier alpha value is -1.36. The largest absolute Gasteiger partial charge is 0.334 e. The van der Waals surface area contributed by atoms with Crippen molar-refractivity contribution in [3.05, 3.63) is 18.2 Å². The molecule has 1 aromatic rings. The van der Waals surface area contributed by atoms with E-state index >= 15 is 0 Å². The van der Waals surface area contributed by atoms with E-state index in [1.54, 1.807) is 0 Å². The maximum Gasteiger partial charge on any atom is 0.226 e. The van der Waals surface area contributed by atoms with Crippen molar-refractivity contribution in [1.82, 2.24) is 19.4 Å². The van der Waals surface area contributed by atoms with Crippen molar-refractivity contribution in [3.8, 4) is 0 Å². The van der Waals surface area contributed by atoms with E-state index in [1.165, 1.54) is 38.0 Å². The monoisotopic (exact) mass is 288 g/mol. The van der Waals surface area contributed by atoms with Gasteiger partial charge in [0.15, 0.2) is 0 Å². The number of rotatable bonds is 3. The Labute approximate surface area is 125 Å². The van der Waals surface area contributed by atoms with Gasteiger partial charge in [-0.15, -0.1) is 0 Å². The third kappa shape index (κ3) is 2.48. The van der Waals surface area contributed by atoms with Gasteiger partial charge in [0, 0.05) is 25.2 Å². The van der Waals surface area contributed by atoms with Gasteiger partial charge in [-0.1, -0.05) is 6.42 Å². The van der Waals surface area contributed by atoms with E-state index in [4.69, 9.17) is 0 Å². The fraction of sp³-hybridized carbons (Fsp3) is 0.750. The summed E-state index contributed by atoms with van der Waals surface area (Å²) in [5.74, 6) is 0.673. The minimum absolute atomic E-state index is 0.298. The molecule has 2 aliphatic heterocycles. The lowest BCUT2D eigenvalue weighted by molar-refractivity contribution is -0.140. The SMILES string of the molecule is O=C(C1CCC1)N1Cc2cncn2C(CN2CCCC2)C1. The smallest absolute Gasteiger partial charge is 0.226 e. The highest BCUT2D eigenvalue weighted by atomic mass is 16.2. The number of carbonyl (C=O) groups excluding carboxylic acids is 1. The highest BCUT2D eigenvalue weighted by Crippen LogP contribution is 2.31. The molecule has 5 heteroatoms. The third-order valence-corrected chi connectivity index (χ3v) is 5.36. The van der Waals surface area contributed by atoms with Crippen LogP contribution in [0, 0.1) is 5.92 Å². The van der Waals surface area contributed by atoms with Crippen molar-refractivity contribution in [2.45, 2.75) is 44.7 Å². The van der Waals surface area contributed by atoms with Crippen LogP contribution in [0.5, 0.6) is 0 Å². The molecular formula is C16H24N4O. The zero-order valence-corrected chi connectivity index (χ0v) is 12.6. The van der Waals surface area contributed by atoms with Gasteiger partial charge in [0.2, 0.25) is 5.91 Å². The number of fused-ring (bicyclic) bond motifs is 1. The molecule has 5 nitrogen and oxygen atoms in total. The predicted molar refractivity (Wildman–Crippen MR) is 79.7 cm³/mol. The lowest BCUT2D eigenvalue weighted by Crippen LogP contribution is -2.47. The van der Waals surface area contributed by atoms with Gasteiger partial charge >= 0.3 is 0 Å². The minimum atomic E-state index is 0.298. The van der Waals surface area contributed by atoms with Gasteiger partial charge in [-0.25, -0.2) is 4.98 Å². The van der Waals surface area contributed by atoms with Crippen LogP contribution in [0.25, 0.3) is 0 Å². The highest BCUT2D eigenvalue weighted by molar-refractivity contribution is 5.79. The second-order valence-electron chi connectivity index (χ2n) is 6.80. The summed E-state index contributed by atoms with van der Waals surface area (Å²) in [5, 5.41) is 0. The summed E-state index contributed by atoms with van der Waals surface area (Å²) >= 11 is 0. The van der Waals surface area contributed by atoms with Gasteiger partial charge in [-0.2, -0.15) is 0 Å². The van der Waals surface area contributed by atoms with Crippen LogP contribution in [0.3, 0.4) is 0 Å². The molecule has 2 fully saturated rings. The number of hydrogen-bond acceptors (Lipinski definition) is 3. The maximum atomic E-state index is 12.6. The molecule has 21 heavy (non-hydrogen) atoms. The van der Waals surface area contributed by atoms with Crippen LogP contribution in [-0.2, 0) is 11.3 Å². The Kier molecular flexibility index (Phi) is 3.45. The number of carbonyl (C=O) groups is 1. The zero-order chi connectivity index (χ0) is 14.2. The van der Waals surface area contributed by atoms with Gasteiger partial charge in [-0.3, -0.25) is 4.79 Å². The highest BCUT2D eigenvalue weighted by Gasteiger charge is 2.34. The van der Waals surface area contributed by atoms with Crippen LogP contribution in [0.4, 0.5) is 0 Å². The molecule has 3 heterocycles. The van der Waals surface area contributed by atoms with E-state index in [9.17, 15) is 4.79 Å². The van der Waals surface area contributed by atoms with E-state index in [-0.39, 0.29) is 0 Å². The molecule has 1 aromatic heterocycles. The van der Waals surface area contributed by atoms with Crippen LogP contribution in [0.15, 0.2) is 12.5 Å². The molecule has 1 atom stereocenters. The molecule has 3 aliphatic rings. The van der Waals surface area contributed by atoms with Crippen LogP contribution in [0.2, 0.25) is 0 Å². The van der Waals surface area contributed by atoms with Gasteiger partial charge < -0.3 is 14.4 Å². The molecule has 4 rings (SSSR count). The molecule has 1 aliphatic carbocycles. The Balaban J connectivity index is 1.50. The molecule has 0 spiro atoms. The molecule has 1 saturated carbocycles. The molecule has 1 amide bonds. The second-order valence-corrected chi connectivity index (χ2v) is 6.80. The molecule has 1 unspecified atom stereocenters. The average Bonchev–Trinajstić information content (AvgIpc) is 3.06. The van der Waals surface area contributed by atoms with Crippen molar-refractivity contribution in [2.24, 2.45) is 5.92 Å². The Morgan fingerprint density at radius 1 is 1.24 bits per heavy atom. The van der Waals surface area contributed by atoms with Crippen LogP contribution >= 0.6 is 0 Å². The quantitative estimate of drug-likeness (QED) is 0.849. The molecule has 0 radical (unpaired) electrons. The molecule has 0 N–H and O–H groups in total. The van der Waals surface area contributed by atoms with E-state index in [0.717, 1.165) is 32.5 Å². The standard InChI is InChI=1S/C16H24N4O/c21-16(13-4-3-5-13)19-10-14-8-17-12-20(14)15(11-19)9-18-6-1-2-7-18/h8,12-13,15H,1-7,9-11H2. The summed E-state index contributed by atoms with van der Waals surface area (Å²) in [6.45, 7) is 5.06. The molecule has 0 aromatic carbocycles.